The van der Waals surface area contributed by atoms with Gasteiger partial charge in [-0.3, -0.25) is 4.98 Å². The van der Waals surface area contributed by atoms with Gasteiger partial charge in [-0.25, -0.2) is 4.79 Å². The van der Waals surface area contributed by atoms with Crippen molar-refractivity contribution in [3.05, 3.63) is 48.3 Å². The summed E-state index contributed by atoms with van der Waals surface area (Å²) in [7, 11) is 0. The number of aromatic nitrogens is 1. The number of carboxylic acids is 1. The Hall–Kier alpha value is -2.76. The third kappa shape index (κ3) is 2.89. The molecule has 1 aromatic carbocycles. The Morgan fingerprint density at radius 2 is 2.14 bits per heavy atom. The van der Waals surface area contributed by atoms with Gasteiger partial charge < -0.3 is 19.3 Å². The molecule has 6 nitrogen and oxygen atoms in total. The molecule has 3 rings (SSSR count). The number of fused-ring (bicyclic) bond motifs is 1. The number of hydrogen-bond donors (Lipinski definition) is 1. The Kier molecular flexibility index (Phi) is 3.59. The molecule has 0 saturated heterocycles. The molecule has 0 amide bonds. The smallest absolute Gasteiger partial charge is 0.339 e. The largest absolute Gasteiger partial charge is 0.487 e. The predicted octanol–water partition coefficient (Wildman–Crippen LogP) is 2.00. The molecule has 1 aromatic heterocycles. The first kappa shape index (κ1) is 13.2. The number of ether oxygens (including phenoxy) is 3. The summed E-state index contributed by atoms with van der Waals surface area (Å²) in [6, 6.07) is 8.76. The second-order valence-corrected chi connectivity index (χ2v) is 4.49. The number of carboxylic acid groups (broad SMARTS) is 1. The van der Waals surface area contributed by atoms with Gasteiger partial charge in [0.15, 0.2) is 23.4 Å². The van der Waals surface area contributed by atoms with Crippen molar-refractivity contribution in [2.45, 2.75) is 6.10 Å². The zero-order valence-corrected chi connectivity index (χ0v) is 11.1. The van der Waals surface area contributed by atoms with Crippen LogP contribution < -0.4 is 14.2 Å². The first-order valence-electron chi connectivity index (χ1n) is 6.42. The molecule has 0 aliphatic carbocycles. The summed E-state index contributed by atoms with van der Waals surface area (Å²) < 4.78 is 16.8. The summed E-state index contributed by atoms with van der Waals surface area (Å²) in [6.45, 7) is 0.528. The number of hydrogen-bond acceptors (Lipinski definition) is 5. The lowest BCUT2D eigenvalue weighted by atomic mass is 10.2. The summed E-state index contributed by atoms with van der Waals surface area (Å²) in [5, 5.41) is 9.07. The Bertz CT molecular complexity index is 658. The highest BCUT2D eigenvalue weighted by molar-refractivity contribution is 5.90. The van der Waals surface area contributed by atoms with Gasteiger partial charge in [-0.15, -0.1) is 0 Å². The highest BCUT2D eigenvalue weighted by atomic mass is 16.6. The Labute approximate surface area is 120 Å². The number of benzene rings is 1. The molecule has 1 aliphatic heterocycles. The maximum atomic E-state index is 11.1. The van der Waals surface area contributed by atoms with Crippen molar-refractivity contribution in [2.24, 2.45) is 0 Å². The van der Waals surface area contributed by atoms with Crippen LogP contribution in [0.4, 0.5) is 0 Å². The number of aromatic carboxylic acids is 1. The monoisotopic (exact) mass is 287 g/mol. The summed E-state index contributed by atoms with van der Waals surface area (Å²) in [5.41, 5.74) is 0.0714. The maximum Gasteiger partial charge on any atom is 0.339 e. The Morgan fingerprint density at radius 1 is 1.33 bits per heavy atom. The van der Waals surface area contributed by atoms with E-state index in [1.165, 1.54) is 18.5 Å². The maximum absolute atomic E-state index is 11.1. The molecule has 0 saturated carbocycles. The van der Waals surface area contributed by atoms with E-state index >= 15 is 0 Å². The molecule has 0 fully saturated rings. The number of rotatable bonds is 4. The molecule has 21 heavy (non-hydrogen) atoms. The van der Waals surface area contributed by atoms with E-state index in [-0.39, 0.29) is 24.0 Å². The second kappa shape index (κ2) is 5.70. The van der Waals surface area contributed by atoms with E-state index in [0.717, 1.165) is 0 Å². The van der Waals surface area contributed by atoms with E-state index in [2.05, 4.69) is 4.98 Å². The molecule has 0 bridgehead atoms. The third-order valence-electron chi connectivity index (χ3n) is 3.01. The molecule has 1 aliphatic rings. The molecule has 2 aromatic rings. The topological polar surface area (TPSA) is 77.9 Å². The van der Waals surface area contributed by atoms with E-state index in [1.807, 2.05) is 24.3 Å². The third-order valence-corrected chi connectivity index (χ3v) is 3.01. The Morgan fingerprint density at radius 3 is 2.95 bits per heavy atom. The molecule has 2 heterocycles. The summed E-state index contributed by atoms with van der Waals surface area (Å²) in [4.78, 5) is 14.9. The van der Waals surface area contributed by atoms with Crippen molar-refractivity contribution in [1.82, 2.24) is 4.98 Å². The minimum absolute atomic E-state index is 0.0714. The van der Waals surface area contributed by atoms with Crippen LogP contribution in [-0.4, -0.2) is 35.4 Å². The summed E-state index contributed by atoms with van der Waals surface area (Å²) in [5.74, 6) is 0.509. The highest BCUT2D eigenvalue weighted by Crippen LogP contribution is 2.31. The van der Waals surface area contributed by atoms with Crippen LogP contribution in [-0.2, 0) is 0 Å². The van der Waals surface area contributed by atoms with Crippen LogP contribution in [0.5, 0.6) is 17.2 Å². The van der Waals surface area contributed by atoms with Gasteiger partial charge in [0.05, 0.1) is 6.20 Å². The van der Waals surface area contributed by atoms with Gasteiger partial charge in [-0.1, -0.05) is 12.1 Å². The molecule has 6 heteroatoms. The highest BCUT2D eigenvalue weighted by Gasteiger charge is 2.22. The lowest BCUT2D eigenvalue weighted by Crippen LogP contribution is -2.34. The van der Waals surface area contributed by atoms with Crippen molar-refractivity contribution in [1.29, 1.82) is 0 Å². The van der Waals surface area contributed by atoms with Crippen molar-refractivity contribution in [2.75, 3.05) is 13.2 Å². The van der Waals surface area contributed by atoms with Crippen molar-refractivity contribution in [3.63, 3.8) is 0 Å². The van der Waals surface area contributed by atoms with Crippen LogP contribution in [0.25, 0.3) is 0 Å². The van der Waals surface area contributed by atoms with E-state index in [9.17, 15) is 4.79 Å². The number of nitrogens with zero attached hydrogens (tertiary/aromatic N) is 1. The fraction of sp³-hybridized carbons (Fsp3) is 0.200. The lowest BCUT2D eigenvalue weighted by molar-refractivity contribution is 0.0519. The molecule has 0 spiro atoms. The molecule has 0 radical (unpaired) electrons. The van der Waals surface area contributed by atoms with Crippen LogP contribution in [0.2, 0.25) is 0 Å². The first-order valence-corrected chi connectivity index (χ1v) is 6.42. The zero-order valence-electron chi connectivity index (χ0n) is 11.1. The number of pyridine rings is 1. The van der Waals surface area contributed by atoms with E-state index in [0.29, 0.717) is 18.1 Å². The van der Waals surface area contributed by atoms with Crippen LogP contribution in [0.1, 0.15) is 10.4 Å². The van der Waals surface area contributed by atoms with Crippen molar-refractivity contribution >= 4 is 5.97 Å². The van der Waals surface area contributed by atoms with Gasteiger partial charge >= 0.3 is 5.97 Å². The summed E-state index contributed by atoms with van der Waals surface area (Å²) >= 11 is 0. The minimum Gasteiger partial charge on any atom is -0.487 e. The van der Waals surface area contributed by atoms with Crippen LogP contribution >= 0.6 is 0 Å². The van der Waals surface area contributed by atoms with Gasteiger partial charge in [0.25, 0.3) is 0 Å². The Balaban J connectivity index is 1.66. The quantitative estimate of drug-likeness (QED) is 0.926. The van der Waals surface area contributed by atoms with Gasteiger partial charge in [-0.05, 0) is 18.2 Å². The van der Waals surface area contributed by atoms with E-state index < -0.39 is 5.97 Å². The predicted molar refractivity (Wildman–Crippen MR) is 73.0 cm³/mol. The summed E-state index contributed by atoms with van der Waals surface area (Å²) in [6.07, 6.45) is 2.48. The van der Waals surface area contributed by atoms with Crippen LogP contribution in [0.15, 0.2) is 42.7 Å². The fourth-order valence-electron chi connectivity index (χ4n) is 2.00. The first-order chi connectivity index (χ1) is 10.2. The molecule has 1 unspecified atom stereocenters. The van der Waals surface area contributed by atoms with Gasteiger partial charge in [0.1, 0.15) is 18.8 Å². The average Bonchev–Trinajstić information content (AvgIpc) is 2.53. The van der Waals surface area contributed by atoms with Gasteiger partial charge in [0, 0.05) is 6.20 Å². The van der Waals surface area contributed by atoms with Crippen molar-refractivity contribution in [3.8, 4) is 17.2 Å². The fourth-order valence-corrected chi connectivity index (χ4v) is 2.00. The van der Waals surface area contributed by atoms with Crippen molar-refractivity contribution < 1.29 is 24.1 Å². The standard InChI is InChI=1S/C15H13NO5/c17-15(18)11-5-6-16-7-14(11)20-9-10-8-19-12-3-1-2-4-13(12)21-10/h1-7,10H,8-9H2,(H,17,18). The van der Waals surface area contributed by atoms with Gasteiger partial charge in [0.2, 0.25) is 0 Å². The SMILES string of the molecule is O=C(O)c1ccncc1OCC1COc2ccccc2O1. The normalized spacial score (nSPS) is 16.3. The van der Waals surface area contributed by atoms with Gasteiger partial charge in [-0.2, -0.15) is 0 Å². The lowest BCUT2D eigenvalue weighted by Gasteiger charge is -2.26. The zero-order chi connectivity index (χ0) is 14.7. The molecular formula is C15H13NO5. The average molecular weight is 287 g/mol. The number of carbonyl (C=O) groups is 1. The minimum atomic E-state index is -1.06. The molecule has 108 valence electrons. The van der Waals surface area contributed by atoms with Crippen LogP contribution in [0.3, 0.4) is 0 Å². The molecular weight excluding hydrogens is 274 g/mol. The number of para-hydroxylation sites is 2. The van der Waals surface area contributed by atoms with Crippen LogP contribution in [0, 0.1) is 0 Å². The molecule has 1 N–H and O–H groups in total. The van der Waals surface area contributed by atoms with E-state index in [1.54, 1.807) is 0 Å². The second-order valence-electron chi connectivity index (χ2n) is 4.49. The molecule has 1 atom stereocenters. The van der Waals surface area contributed by atoms with E-state index in [4.69, 9.17) is 19.3 Å².